The standard InChI is InChI=1S/C12H8ClF3N2O2/c13-11-17-8(9(18-11)12(14,15)16)10(19)20-6-7-4-2-1-3-5-7/h1-5H,6H2,(H,17,18). The zero-order valence-electron chi connectivity index (χ0n) is 9.87. The molecule has 0 radical (unpaired) electrons. The maximum absolute atomic E-state index is 12.6. The topological polar surface area (TPSA) is 55.0 Å². The molecule has 8 heteroatoms. The molecule has 4 nitrogen and oxygen atoms in total. The van der Waals surface area contributed by atoms with E-state index in [0.29, 0.717) is 5.56 Å². The molecule has 1 N–H and O–H groups in total. The van der Waals surface area contributed by atoms with Crippen LogP contribution in [0.4, 0.5) is 13.2 Å². The van der Waals surface area contributed by atoms with Crippen LogP contribution in [0.5, 0.6) is 0 Å². The number of hydrogen-bond acceptors (Lipinski definition) is 3. The molecule has 2 aromatic rings. The fraction of sp³-hybridized carbons (Fsp3) is 0.167. The Labute approximate surface area is 116 Å². The third-order valence-electron chi connectivity index (χ3n) is 2.36. The summed E-state index contributed by atoms with van der Waals surface area (Å²) in [5, 5.41) is -0.524. The number of carbonyl (C=O) groups is 1. The number of aromatic nitrogens is 2. The monoisotopic (exact) mass is 304 g/mol. The number of aromatic amines is 1. The van der Waals surface area contributed by atoms with Gasteiger partial charge in [0, 0.05) is 0 Å². The number of nitrogens with one attached hydrogen (secondary N) is 1. The van der Waals surface area contributed by atoms with E-state index in [2.05, 4.69) is 4.98 Å². The number of hydrogen-bond donors (Lipinski definition) is 1. The minimum atomic E-state index is -4.76. The Balaban J connectivity index is 2.14. The smallest absolute Gasteiger partial charge is 0.433 e. The molecule has 2 rings (SSSR count). The first-order valence-corrected chi connectivity index (χ1v) is 5.79. The van der Waals surface area contributed by atoms with Crippen LogP contribution in [-0.2, 0) is 17.5 Å². The van der Waals surface area contributed by atoms with Gasteiger partial charge in [-0.05, 0) is 17.2 Å². The van der Waals surface area contributed by atoms with Crippen LogP contribution in [0.3, 0.4) is 0 Å². The van der Waals surface area contributed by atoms with E-state index in [9.17, 15) is 18.0 Å². The van der Waals surface area contributed by atoms with Gasteiger partial charge in [-0.15, -0.1) is 0 Å². The van der Waals surface area contributed by atoms with Gasteiger partial charge in [0.05, 0.1) is 0 Å². The quantitative estimate of drug-likeness (QED) is 0.884. The van der Waals surface area contributed by atoms with Gasteiger partial charge < -0.3 is 9.72 Å². The van der Waals surface area contributed by atoms with Gasteiger partial charge in [0.2, 0.25) is 5.28 Å². The fourth-order valence-corrected chi connectivity index (χ4v) is 1.67. The molecule has 1 heterocycles. The van der Waals surface area contributed by atoms with Crippen LogP contribution in [0.15, 0.2) is 30.3 Å². The number of benzene rings is 1. The minimum absolute atomic E-state index is 0.151. The predicted molar refractivity (Wildman–Crippen MR) is 64.2 cm³/mol. The molecular formula is C12H8ClF3N2O2. The molecule has 0 aliphatic heterocycles. The molecule has 106 valence electrons. The highest BCUT2D eigenvalue weighted by atomic mass is 35.5. The number of esters is 1. The van der Waals surface area contributed by atoms with Crippen LogP contribution in [0.25, 0.3) is 0 Å². The number of rotatable bonds is 3. The van der Waals surface area contributed by atoms with Crippen molar-refractivity contribution in [2.24, 2.45) is 0 Å². The number of imidazole rings is 1. The summed E-state index contributed by atoms with van der Waals surface area (Å²) in [6, 6.07) is 8.55. The summed E-state index contributed by atoms with van der Waals surface area (Å²) in [7, 11) is 0. The second-order valence-electron chi connectivity index (χ2n) is 3.81. The van der Waals surface area contributed by atoms with Gasteiger partial charge in [-0.2, -0.15) is 13.2 Å². The molecule has 0 fully saturated rings. The van der Waals surface area contributed by atoms with Crippen LogP contribution in [-0.4, -0.2) is 15.9 Å². The van der Waals surface area contributed by atoms with Crippen LogP contribution >= 0.6 is 11.6 Å². The molecule has 0 saturated carbocycles. The summed E-state index contributed by atoms with van der Waals surface area (Å²) in [5.74, 6) is -1.19. The van der Waals surface area contributed by atoms with Gasteiger partial charge in [0.15, 0.2) is 11.4 Å². The summed E-state index contributed by atoms with van der Waals surface area (Å²) >= 11 is 5.36. The van der Waals surface area contributed by atoms with Crippen LogP contribution in [0.1, 0.15) is 21.7 Å². The van der Waals surface area contributed by atoms with Crippen LogP contribution in [0.2, 0.25) is 5.28 Å². The first-order chi connectivity index (χ1) is 9.38. The summed E-state index contributed by atoms with van der Waals surface area (Å²) in [6.07, 6.45) is -4.76. The first-order valence-electron chi connectivity index (χ1n) is 5.41. The van der Waals surface area contributed by atoms with Crippen molar-refractivity contribution in [2.45, 2.75) is 12.8 Å². The SMILES string of the molecule is O=C(OCc1ccccc1)c1nc(Cl)[nH]c1C(F)(F)F. The van der Waals surface area contributed by atoms with E-state index < -0.39 is 28.8 Å². The van der Waals surface area contributed by atoms with Crippen molar-refractivity contribution < 1.29 is 22.7 Å². The molecule has 0 bridgehead atoms. The summed E-state index contributed by atoms with van der Waals surface area (Å²) in [5.41, 5.74) is -1.55. The number of H-pyrrole nitrogens is 1. The zero-order valence-corrected chi connectivity index (χ0v) is 10.6. The van der Waals surface area contributed by atoms with Crippen molar-refractivity contribution in [1.29, 1.82) is 0 Å². The van der Waals surface area contributed by atoms with Gasteiger partial charge in [0.25, 0.3) is 0 Å². The number of carbonyl (C=O) groups excluding carboxylic acids is 1. The van der Waals surface area contributed by atoms with Crippen molar-refractivity contribution >= 4 is 17.6 Å². The summed E-state index contributed by atoms with van der Waals surface area (Å²) in [4.78, 5) is 16.7. The fourth-order valence-electron chi connectivity index (χ4n) is 1.49. The second-order valence-corrected chi connectivity index (χ2v) is 4.17. The molecule has 20 heavy (non-hydrogen) atoms. The molecule has 1 aromatic carbocycles. The number of halogens is 4. The van der Waals surface area contributed by atoms with E-state index in [-0.39, 0.29) is 6.61 Å². The largest absolute Gasteiger partial charge is 0.456 e. The second kappa shape index (κ2) is 5.54. The van der Waals surface area contributed by atoms with Gasteiger partial charge in [-0.3, -0.25) is 0 Å². The molecule has 0 saturated heterocycles. The summed E-state index contributed by atoms with van der Waals surface area (Å²) < 4.78 is 42.7. The van der Waals surface area contributed by atoms with E-state index in [1.165, 1.54) is 0 Å². The van der Waals surface area contributed by atoms with Crippen molar-refractivity contribution in [2.75, 3.05) is 0 Å². The highest BCUT2D eigenvalue weighted by molar-refractivity contribution is 6.28. The van der Waals surface area contributed by atoms with Gasteiger partial charge in [-0.1, -0.05) is 30.3 Å². The maximum atomic E-state index is 12.6. The van der Waals surface area contributed by atoms with E-state index in [1.54, 1.807) is 35.3 Å². The van der Waals surface area contributed by atoms with Crippen molar-refractivity contribution in [3.8, 4) is 0 Å². The number of nitrogens with zero attached hydrogens (tertiary/aromatic N) is 1. The molecule has 1 aromatic heterocycles. The van der Waals surface area contributed by atoms with E-state index in [0.717, 1.165) is 0 Å². The maximum Gasteiger partial charge on any atom is 0.433 e. The molecule has 0 aliphatic carbocycles. The van der Waals surface area contributed by atoms with Crippen LogP contribution < -0.4 is 0 Å². The number of ether oxygens (including phenoxy) is 1. The van der Waals surface area contributed by atoms with E-state index in [1.807, 2.05) is 0 Å². The van der Waals surface area contributed by atoms with Crippen molar-refractivity contribution in [3.63, 3.8) is 0 Å². The van der Waals surface area contributed by atoms with E-state index >= 15 is 0 Å². The lowest BCUT2D eigenvalue weighted by molar-refractivity contribution is -0.141. The Morgan fingerprint density at radius 2 is 1.95 bits per heavy atom. The normalized spacial score (nSPS) is 11.4. The lowest BCUT2D eigenvalue weighted by Gasteiger charge is -2.07. The zero-order chi connectivity index (χ0) is 14.8. The molecule has 0 amide bonds. The van der Waals surface area contributed by atoms with Gasteiger partial charge in [-0.25, -0.2) is 9.78 Å². The molecule has 0 spiro atoms. The molecule has 0 aliphatic rings. The predicted octanol–water partition coefficient (Wildman–Crippen LogP) is 3.44. The highest BCUT2D eigenvalue weighted by Crippen LogP contribution is 2.31. The Morgan fingerprint density at radius 1 is 1.30 bits per heavy atom. The van der Waals surface area contributed by atoms with Crippen molar-refractivity contribution in [1.82, 2.24) is 9.97 Å². The average molecular weight is 305 g/mol. The van der Waals surface area contributed by atoms with Gasteiger partial charge in [0.1, 0.15) is 6.61 Å². The molecule has 0 unspecified atom stereocenters. The van der Waals surface area contributed by atoms with Crippen molar-refractivity contribution in [3.05, 3.63) is 52.6 Å². The first kappa shape index (κ1) is 14.4. The number of alkyl halides is 3. The Kier molecular flexibility index (Phi) is 3.99. The van der Waals surface area contributed by atoms with Crippen LogP contribution in [0, 0.1) is 0 Å². The van der Waals surface area contributed by atoms with Gasteiger partial charge >= 0.3 is 12.1 Å². The molecular weight excluding hydrogens is 297 g/mol. The highest BCUT2D eigenvalue weighted by Gasteiger charge is 2.39. The van der Waals surface area contributed by atoms with E-state index in [4.69, 9.17) is 16.3 Å². The Morgan fingerprint density at radius 3 is 2.55 bits per heavy atom. The Bertz CT molecular complexity index is 611. The minimum Gasteiger partial charge on any atom is -0.456 e. The average Bonchev–Trinajstić information content (AvgIpc) is 2.79. The lowest BCUT2D eigenvalue weighted by atomic mass is 10.2. The third-order valence-corrected chi connectivity index (χ3v) is 2.54. The lowest BCUT2D eigenvalue weighted by Crippen LogP contribution is -2.15. The molecule has 0 atom stereocenters. The third kappa shape index (κ3) is 3.30. The summed E-state index contributed by atoms with van der Waals surface area (Å²) in [6.45, 7) is -0.151. The Hall–Kier alpha value is -2.02.